The van der Waals surface area contributed by atoms with E-state index < -0.39 is 0 Å². The third kappa shape index (κ3) is 5.53. The lowest BCUT2D eigenvalue weighted by molar-refractivity contribution is -0.117. The van der Waals surface area contributed by atoms with Gasteiger partial charge in [0.25, 0.3) is 0 Å². The van der Waals surface area contributed by atoms with Gasteiger partial charge in [-0.25, -0.2) is 0 Å². The molecular weight excluding hydrogens is 226 g/mol. The van der Waals surface area contributed by atoms with E-state index in [9.17, 15) is 4.79 Å². The van der Waals surface area contributed by atoms with Gasteiger partial charge in [0.05, 0.1) is 6.61 Å². The zero-order chi connectivity index (χ0) is 13.6. The molecule has 0 fully saturated rings. The van der Waals surface area contributed by atoms with Crippen LogP contribution in [0, 0.1) is 0 Å². The van der Waals surface area contributed by atoms with Gasteiger partial charge in [-0.05, 0) is 51.5 Å². The number of amides is 1. The summed E-state index contributed by atoms with van der Waals surface area (Å²) in [5, 5.41) is 2.87. The molecule has 0 aliphatic heterocycles. The van der Waals surface area contributed by atoms with Crippen LogP contribution in [-0.4, -0.2) is 18.1 Å². The maximum absolute atomic E-state index is 11.6. The lowest BCUT2D eigenvalue weighted by Crippen LogP contribution is -2.39. The monoisotopic (exact) mass is 247 g/mol. The Morgan fingerprint density at radius 2 is 1.89 bits per heavy atom. The molecule has 0 unspecified atom stereocenters. The van der Waals surface area contributed by atoms with Gasteiger partial charge in [0.2, 0.25) is 5.91 Å². The topological polar surface area (TPSA) is 38.3 Å². The van der Waals surface area contributed by atoms with Crippen LogP contribution in [0.15, 0.2) is 30.3 Å². The highest BCUT2D eigenvalue weighted by molar-refractivity contribution is 5.92. The standard InChI is InChI=1S/C15H21NO2/c1-5-18-13-9-6-12(7-10-13)8-11-14(17)16-15(2,3)4/h6-11H,5H2,1-4H3,(H,16,17). The minimum Gasteiger partial charge on any atom is -0.494 e. The Labute approximate surface area is 109 Å². The first kappa shape index (κ1) is 14.3. The zero-order valence-electron chi connectivity index (χ0n) is 11.5. The first-order chi connectivity index (χ1) is 8.40. The average Bonchev–Trinajstić information content (AvgIpc) is 2.26. The number of nitrogens with one attached hydrogen (secondary N) is 1. The Kier molecular flexibility index (Phi) is 4.95. The van der Waals surface area contributed by atoms with Crippen LogP contribution in [0.2, 0.25) is 0 Å². The molecule has 0 saturated heterocycles. The molecular formula is C15H21NO2. The van der Waals surface area contributed by atoms with Gasteiger partial charge in [0, 0.05) is 11.6 Å². The second kappa shape index (κ2) is 6.24. The predicted octanol–water partition coefficient (Wildman–Crippen LogP) is 3.01. The van der Waals surface area contributed by atoms with Crippen molar-refractivity contribution in [2.75, 3.05) is 6.61 Å². The van der Waals surface area contributed by atoms with Gasteiger partial charge in [-0.15, -0.1) is 0 Å². The number of carbonyl (C=O) groups is 1. The fourth-order valence-electron chi connectivity index (χ4n) is 1.43. The Bertz CT molecular complexity index is 413. The molecule has 1 amide bonds. The third-order valence-corrected chi connectivity index (χ3v) is 2.12. The van der Waals surface area contributed by atoms with E-state index in [-0.39, 0.29) is 11.4 Å². The molecule has 3 nitrogen and oxygen atoms in total. The van der Waals surface area contributed by atoms with Crippen LogP contribution in [0.4, 0.5) is 0 Å². The summed E-state index contributed by atoms with van der Waals surface area (Å²) in [6, 6.07) is 7.63. The summed E-state index contributed by atoms with van der Waals surface area (Å²) >= 11 is 0. The van der Waals surface area contributed by atoms with Crippen molar-refractivity contribution in [3.8, 4) is 5.75 Å². The number of carbonyl (C=O) groups excluding carboxylic acids is 1. The van der Waals surface area contributed by atoms with Crippen molar-refractivity contribution in [2.45, 2.75) is 33.2 Å². The summed E-state index contributed by atoms with van der Waals surface area (Å²) in [5.74, 6) is 0.755. The summed E-state index contributed by atoms with van der Waals surface area (Å²) in [5.41, 5.74) is 0.766. The molecule has 0 aromatic heterocycles. The molecule has 1 rings (SSSR count). The molecule has 0 spiro atoms. The van der Waals surface area contributed by atoms with E-state index in [1.54, 1.807) is 12.2 Å². The molecule has 18 heavy (non-hydrogen) atoms. The molecule has 1 N–H and O–H groups in total. The Morgan fingerprint density at radius 1 is 1.28 bits per heavy atom. The van der Waals surface area contributed by atoms with Crippen molar-refractivity contribution in [1.29, 1.82) is 0 Å². The summed E-state index contributed by atoms with van der Waals surface area (Å²) < 4.78 is 5.35. The zero-order valence-corrected chi connectivity index (χ0v) is 11.5. The Morgan fingerprint density at radius 3 is 2.39 bits per heavy atom. The van der Waals surface area contributed by atoms with Crippen molar-refractivity contribution in [3.63, 3.8) is 0 Å². The van der Waals surface area contributed by atoms with Gasteiger partial charge in [-0.2, -0.15) is 0 Å². The van der Waals surface area contributed by atoms with E-state index in [1.807, 2.05) is 52.0 Å². The smallest absolute Gasteiger partial charge is 0.244 e. The highest BCUT2D eigenvalue weighted by Crippen LogP contribution is 2.13. The lowest BCUT2D eigenvalue weighted by Gasteiger charge is -2.18. The molecule has 3 heteroatoms. The van der Waals surface area contributed by atoms with E-state index in [0.29, 0.717) is 6.61 Å². The van der Waals surface area contributed by atoms with Crippen LogP contribution in [0.25, 0.3) is 6.08 Å². The minimum atomic E-state index is -0.208. The van der Waals surface area contributed by atoms with Gasteiger partial charge in [0.1, 0.15) is 5.75 Å². The highest BCUT2D eigenvalue weighted by atomic mass is 16.5. The van der Waals surface area contributed by atoms with E-state index in [0.717, 1.165) is 11.3 Å². The van der Waals surface area contributed by atoms with Crippen molar-refractivity contribution in [3.05, 3.63) is 35.9 Å². The van der Waals surface area contributed by atoms with E-state index in [1.165, 1.54) is 0 Å². The summed E-state index contributed by atoms with van der Waals surface area (Å²) in [4.78, 5) is 11.6. The number of hydrogen-bond acceptors (Lipinski definition) is 2. The molecule has 0 heterocycles. The second-order valence-corrected chi connectivity index (χ2v) is 5.07. The SMILES string of the molecule is CCOc1ccc(C=CC(=O)NC(C)(C)C)cc1. The fourth-order valence-corrected chi connectivity index (χ4v) is 1.43. The number of benzene rings is 1. The third-order valence-electron chi connectivity index (χ3n) is 2.12. The van der Waals surface area contributed by atoms with Crippen molar-refractivity contribution in [2.24, 2.45) is 0 Å². The molecule has 0 radical (unpaired) electrons. The molecule has 98 valence electrons. The maximum Gasteiger partial charge on any atom is 0.244 e. The van der Waals surface area contributed by atoms with Crippen LogP contribution in [-0.2, 0) is 4.79 Å². The van der Waals surface area contributed by atoms with Gasteiger partial charge >= 0.3 is 0 Å². The average molecular weight is 247 g/mol. The molecule has 0 saturated carbocycles. The number of rotatable bonds is 4. The molecule has 0 bridgehead atoms. The van der Waals surface area contributed by atoms with Crippen molar-refractivity contribution < 1.29 is 9.53 Å². The number of hydrogen-bond donors (Lipinski definition) is 1. The summed E-state index contributed by atoms with van der Waals surface area (Å²) in [6.45, 7) is 8.47. The van der Waals surface area contributed by atoms with Crippen LogP contribution >= 0.6 is 0 Å². The lowest BCUT2D eigenvalue weighted by atomic mass is 10.1. The van der Waals surface area contributed by atoms with Crippen molar-refractivity contribution >= 4 is 12.0 Å². The second-order valence-electron chi connectivity index (χ2n) is 5.07. The largest absolute Gasteiger partial charge is 0.494 e. The molecule has 0 aliphatic carbocycles. The Balaban J connectivity index is 2.59. The predicted molar refractivity (Wildman–Crippen MR) is 74.5 cm³/mol. The normalized spacial score (nSPS) is 11.6. The van der Waals surface area contributed by atoms with Gasteiger partial charge < -0.3 is 10.1 Å². The Hall–Kier alpha value is -1.77. The van der Waals surface area contributed by atoms with Crippen LogP contribution in [0.3, 0.4) is 0 Å². The van der Waals surface area contributed by atoms with E-state index in [4.69, 9.17) is 4.74 Å². The summed E-state index contributed by atoms with van der Waals surface area (Å²) in [7, 11) is 0. The van der Waals surface area contributed by atoms with E-state index >= 15 is 0 Å². The van der Waals surface area contributed by atoms with E-state index in [2.05, 4.69) is 5.32 Å². The first-order valence-corrected chi connectivity index (χ1v) is 6.14. The van der Waals surface area contributed by atoms with Gasteiger partial charge in [0.15, 0.2) is 0 Å². The highest BCUT2D eigenvalue weighted by Gasteiger charge is 2.10. The van der Waals surface area contributed by atoms with Gasteiger partial charge in [-0.3, -0.25) is 4.79 Å². The maximum atomic E-state index is 11.6. The number of ether oxygens (including phenoxy) is 1. The molecule has 1 aromatic carbocycles. The van der Waals surface area contributed by atoms with Crippen LogP contribution in [0.5, 0.6) is 5.75 Å². The fraction of sp³-hybridized carbons (Fsp3) is 0.400. The quantitative estimate of drug-likeness (QED) is 0.831. The first-order valence-electron chi connectivity index (χ1n) is 6.14. The van der Waals surface area contributed by atoms with Crippen LogP contribution in [0.1, 0.15) is 33.3 Å². The molecule has 0 atom stereocenters. The molecule has 0 aliphatic rings. The van der Waals surface area contributed by atoms with Gasteiger partial charge in [-0.1, -0.05) is 12.1 Å². The van der Waals surface area contributed by atoms with Crippen LogP contribution < -0.4 is 10.1 Å². The summed E-state index contributed by atoms with van der Waals surface area (Å²) in [6.07, 6.45) is 3.33. The minimum absolute atomic E-state index is 0.0867. The van der Waals surface area contributed by atoms with Crippen molar-refractivity contribution in [1.82, 2.24) is 5.32 Å². The molecule has 1 aromatic rings.